The summed E-state index contributed by atoms with van der Waals surface area (Å²) in [7, 11) is 0. The first kappa shape index (κ1) is 9.87. The van der Waals surface area contributed by atoms with Crippen LogP contribution in [0.15, 0.2) is 41.1 Å². The van der Waals surface area contributed by atoms with E-state index in [1.807, 2.05) is 12.1 Å². The molecular formula is C12H8ClNOS. The van der Waals surface area contributed by atoms with Crippen LogP contribution in [0.5, 0.6) is 0 Å². The lowest BCUT2D eigenvalue weighted by Gasteiger charge is -1.91. The van der Waals surface area contributed by atoms with Crippen LogP contribution in [0.3, 0.4) is 0 Å². The fourth-order valence-electron chi connectivity index (χ4n) is 1.65. The monoisotopic (exact) mass is 249 g/mol. The van der Waals surface area contributed by atoms with Gasteiger partial charge in [0.15, 0.2) is 5.76 Å². The number of nitrogens with zero attached hydrogens (tertiary/aromatic N) is 1. The molecule has 16 heavy (non-hydrogen) atoms. The van der Waals surface area contributed by atoms with Gasteiger partial charge in [-0.05, 0) is 17.5 Å². The third-order valence-electron chi connectivity index (χ3n) is 2.44. The van der Waals surface area contributed by atoms with Gasteiger partial charge in [-0.25, -0.2) is 0 Å². The first-order chi connectivity index (χ1) is 7.88. The zero-order valence-corrected chi connectivity index (χ0v) is 9.89. The second kappa shape index (κ2) is 3.92. The highest BCUT2D eigenvalue weighted by molar-refractivity contribution is 7.22. The number of rotatable bonds is 2. The maximum atomic E-state index is 5.83. The van der Waals surface area contributed by atoms with Gasteiger partial charge >= 0.3 is 0 Å². The van der Waals surface area contributed by atoms with Crippen molar-refractivity contribution >= 4 is 33.0 Å². The van der Waals surface area contributed by atoms with Crippen LogP contribution in [0.4, 0.5) is 0 Å². The van der Waals surface area contributed by atoms with E-state index in [9.17, 15) is 0 Å². The highest BCUT2D eigenvalue weighted by Crippen LogP contribution is 2.35. The van der Waals surface area contributed by atoms with E-state index in [0.717, 1.165) is 16.2 Å². The SMILES string of the molecule is ClCc1cnoc1-c1cc2ccccc2s1. The van der Waals surface area contributed by atoms with E-state index in [1.165, 1.54) is 10.1 Å². The van der Waals surface area contributed by atoms with Gasteiger partial charge < -0.3 is 4.52 Å². The van der Waals surface area contributed by atoms with Gasteiger partial charge in [0.2, 0.25) is 0 Å². The number of hydrogen-bond donors (Lipinski definition) is 0. The van der Waals surface area contributed by atoms with Crippen molar-refractivity contribution in [3.63, 3.8) is 0 Å². The summed E-state index contributed by atoms with van der Waals surface area (Å²) in [5.74, 6) is 1.21. The third kappa shape index (κ3) is 1.52. The minimum absolute atomic E-state index is 0.424. The molecule has 3 rings (SSSR count). The van der Waals surface area contributed by atoms with Crippen LogP contribution in [-0.4, -0.2) is 5.16 Å². The van der Waals surface area contributed by atoms with E-state index in [0.29, 0.717) is 5.88 Å². The summed E-state index contributed by atoms with van der Waals surface area (Å²) in [5, 5.41) is 5.01. The van der Waals surface area contributed by atoms with Gasteiger partial charge in [0.1, 0.15) is 0 Å². The summed E-state index contributed by atoms with van der Waals surface area (Å²) in [6.45, 7) is 0. The second-order valence-corrected chi connectivity index (χ2v) is 4.81. The first-order valence-corrected chi connectivity index (χ1v) is 6.22. The molecule has 0 radical (unpaired) electrons. The molecule has 0 saturated heterocycles. The summed E-state index contributed by atoms with van der Waals surface area (Å²) in [6.07, 6.45) is 1.67. The molecule has 0 aliphatic heterocycles. The number of alkyl halides is 1. The lowest BCUT2D eigenvalue weighted by molar-refractivity contribution is 0.432. The van der Waals surface area contributed by atoms with Crippen molar-refractivity contribution in [1.82, 2.24) is 5.16 Å². The lowest BCUT2D eigenvalue weighted by atomic mass is 10.2. The highest BCUT2D eigenvalue weighted by atomic mass is 35.5. The number of thiophene rings is 1. The average Bonchev–Trinajstić information content (AvgIpc) is 2.94. The van der Waals surface area contributed by atoms with E-state index < -0.39 is 0 Å². The highest BCUT2D eigenvalue weighted by Gasteiger charge is 2.12. The lowest BCUT2D eigenvalue weighted by Crippen LogP contribution is -1.74. The van der Waals surface area contributed by atoms with Gasteiger partial charge in [-0.1, -0.05) is 23.4 Å². The van der Waals surface area contributed by atoms with Gasteiger partial charge in [0, 0.05) is 10.3 Å². The quantitative estimate of drug-likeness (QED) is 0.633. The molecule has 80 valence electrons. The van der Waals surface area contributed by atoms with Crippen LogP contribution in [0.1, 0.15) is 5.56 Å². The Morgan fingerprint density at radius 2 is 2.19 bits per heavy atom. The molecule has 2 nitrogen and oxygen atoms in total. The molecule has 0 aliphatic rings. The normalized spacial score (nSPS) is 11.1. The molecule has 2 heterocycles. The standard InChI is InChI=1S/C12H8ClNOS/c13-6-9-7-14-15-12(9)11-5-8-3-1-2-4-10(8)16-11/h1-5,7H,6H2. The van der Waals surface area contributed by atoms with Gasteiger partial charge in [0.05, 0.1) is 17.0 Å². The molecule has 0 amide bonds. The van der Waals surface area contributed by atoms with E-state index in [4.69, 9.17) is 16.1 Å². The molecule has 0 bridgehead atoms. The van der Waals surface area contributed by atoms with Crippen LogP contribution < -0.4 is 0 Å². The molecule has 0 N–H and O–H groups in total. The Labute approximate surface area is 101 Å². The largest absolute Gasteiger partial charge is 0.355 e. The smallest absolute Gasteiger partial charge is 0.181 e. The zero-order valence-electron chi connectivity index (χ0n) is 8.31. The Morgan fingerprint density at radius 3 is 3.00 bits per heavy atom. The maximum absolute atomic E-state index is 5.83. The molecule has 0 fully saturated rings. The molecule has 4 heteroatoms. The van der Waals surface area contributed by atoms with Crippen molar-refractivity contribution in [3.05, 3.63) is 42.1 Å². The van der Waals surface area contributed by atoms with Gasteiger partial charge in [0.25, 0.3) is 0 Å². The van der Waals surface area contributed by atoms with Crippen LogP contribution in [-0.2, 0) is 5.88 Å². The van der Waals surface area contributed by atoms with Gasteiger partial charge in [-0.15, -0.1) is 22.9 Å². The minimum Gasteiger partial charge on any atom is -0.355 e. The summed E-state index contributed by atoms with van der Waals surface area (Å²) in [4.78, 5) is 1.08. The van der Waals surface area contributed by atoms with Crippen molar-refractivity contribution in [2.75, 3.05) is 0 Å². The number of benzene rings is 1. The molecule has 0 spiro atoms. The Bertz CT molecular complexity index is 596. The van der Waals surface area contributed by atoms with Crippen molar-refractivity contribution in [3.8, 4) is 10.6 Å². The summed E-state index contributed by atoms with van der Waals surface area (Å²) >= 11 is 7.52. The van der Waals surface area contributed by atoms with E-state index in [2.05, 4.69) is 23.4 Å². The van der Waals surface area contributed by atoms with Crippen molar-refractivity contribution in [1.29, 1.82) is 0 Å². The molecular weight excluding hydrogens is 242 g/mol. The third-order valence-corrected chi connectivity index (χ3v) is 3.84. The van der Waals surface area contributed by atoms with Crippen LogP contribution in [0.2, 0.25) is 0 Å². The zero-order chi connectivity index (χ0) is 11.0. The maximum Gasteiger partial charge on any atom is 0.181 e. The van der Waals surface area contributed by atoms with Crippen molar-refractivity contribution < 1.29 is 4.52 Å². The van der Waals surface area contributed by atoms with Crippen LogP contribution in [0, 0.1) is 0 Å². The van der Waals surface area contributed by atoms with Crippen molar-refractivity contribution in [2.24, 2.45) is 0 Å². The van der Waals surface area contributed by atoms with Gasteiger partial charge in [-0.3, -0.25) is 0 Å². The number of aromatic nitrogens is 1. The Morgan fingerprint density at radius 1 is 1.31 bits per heavy atom. The molecule has 2 aromatic heterocycles. The number of halogens is 1. The van der Waals surface area contributed by atoms with Crippen LogP contribution >= 0.6 is 22.9 Å². The number of fused-ring (bicyclic) bond motifs is 1. The Balaban J connectivity index is 2.19. The average molecular weight is 250 g/mol. The second-order valence-electron chi connectivity index (χ2n) is 3.46. The fourth-order valence-corrected chi connectivity index (χ4v) is 2.92. The van der Waals surface area contributed by atoms with Gasteiger partial charge in [-0.2, -0.15) is 0 Å². The van der Waals surface area contributed by atoms with Crippen LogP contribution in [0.25, 0.3) is 20.7 Å². The predicted octanol–water partition coefficient (Wildman–Crippen LogP) is 4.30. The minimum atomic E-state index is 0.424. The summed E-state index contributed by atoms with van der Waals surface area (Å²) in [6, 6.07) is 10.4. The molecule has 0 atom stereocenters. The predicted molar refractivity (Wildman–Crippen MR) is 66.9 cm³/mol. The molecule has 0 aliphatic carbocycles. The Hall–Kier alpha value is -1.32. The molecule has 1 aromatic carbocycles. The Kier molecular flexibility index (Phi) is 2.42. The van der Waals surface area contributed by atoms with E-state index in [-0.39, 0.29) is 0 Å². The topological polar surface area (TPSA) is 26.0 Å². The molecule has 0 saturated carbocycles. The molecule has 0 unspecified atom stereocenters. The van der Waals surface area contributed by atoms with Crippen molar-refractivity contribution in [2.45, 2.75) is 5.88 Å². The summed E-state index contributed by atoms with van der Waals surface area (Å²) in [5.41, 5.74) is 0.938. The number of hydrogen-bond acceptors (Lipinski definition) is 3. The van der Waals surface area contributed by atoms with E-state index >= 15 is 0 Å². The molecule has 3 aromatic rings. The first-order valence-electron chi connectivity index (χ1n) is 4.87. The van der Waals surface area contributed by atoms with E-state index in [1.54, 1.807) is 17.5 Å². The summed E-state index contributed by atoms with van der Waals surface area (Å²) < 4.78 is 6.49. The fraction of sp³-hybridized carbons (Fsp3) is 0.0833.